The quantitative estimate of drug-likeness (QED) is 0.190. The van der Waals surface area contributed by atoms with E-state index in [-0.39, 0.29) is 23.8 Å². The average molecular weight is 626 g/mol. The number of anilines is 1. The molecule has 4 aromatic carbocycles. The van der Waals surface area contributed by atoms with Crippen molar-refractivity contribution >= 4 is 27.5 Å². The molecular weight excluding hydrogens is 582 g/mol. The lowest BCUT2D eigenvalue weighted by atomic mass is 10.0. The van der Waals surface area contributed by atoms with Crippen molar-refractivity contribution in [2.24, 2.45) is 0 Å². The second kappa shape index (κ2) is 15.0. The second-order valence-corrected chi connectivity index (χ2v) is 13.4. The number of aryl methyl sites for hydroxylation is 3. The smallest absolute Gasteiger partial charge is 0.264 e. The zero-order chi connectivity index (χ0) is 32.6. The normalized spacial score (nSPS) is 11.9. The maximum Gasteiger partial charge on any atom is 0.264 e. The molecule has 0 saturated carbocycles. The number of hydrogen-bond acceptors (Lipinski definition) is 4. The molecule has 236 valence electrons. The lowest BCUT2D eigenvalue weighted by Gasteiger charge is -2.34. The van der Waals surface area contributed by atoms with Gasteiger partial charge in [-0.05, 0) is 74.6 Å². The molecule has 0 heterocycles. The van der Waals surface area contributed by atoms with Crippen molar-refractivity contribution in [3.8, 4) is 0 Å². The third kappa shape index (κ3) is 8.39. The van der Waals surface area contributed by atoms with E-state index < -0.39 is 28.5 Å². The van der Waals surface area contributed by atoms with Crippen LogP contribution in [0.4, 0.5) is 5.69 Å². The molecule has 2 amide bonds. The van der Waals surface area contributed by atoms with E-state index in [9.17, 15) is 18.0 Å². The molecule has 0 spiro atoms. The summed E-state index contributed by atoms with van der Waals surface area (Å²) in [4.78, 5) is 30.0. The third-order valence-electron chi connectivity index (χ3n) is 8.03. The van der Waals surface area contributed by atoms with Crippen LogP contribution in [-0.4, -0.2) is 44.3 Å². The predicted octanol–water partition coefficient (Wildman–Crippen LogP) is 6.28. The first-order valence-corrected chi connectivity index (χ1v) is 16.8. The van der Waals surface area contributed by atoms with E-state index >= 15 is 0 Å². The van der Waals surface area contributed by atoms with Crippen LogP contribution in [0.3, 0.4) is 0 Å². The average Bonchev–Trinajstić information content (AvgIpc) is 3.03. The number of benzene rings is 4. The first kappa shape index (κ1) is 33.5. The number of carbonyl (C=O) groups is 2. The molecule has 8 heteroatoms. The molecule has 4 aromatic rings. The zero-order valence-electron chi connectivity index (χ0n) is 26.8. The summed E-state index contributed by atoms with van der Waals surface area (Å²) in [5.41, 5.74) is 5.82. The Kier molecular flexibility index (Phi) is 11.2. The van der Waals surface area contributed by atoms with Crippen LogP contribution in [0.2, 0.25) is 0 Å². The van der Waals surface area contributed by atoms with Crippen LogP contribution in [0.15, 0.2) is 102 Å². The van der Waals surface area contributed by atoms with E-state index in [0.29, 0.717) is 12.2 Å². The van der Waals surface area contributed by atoms with E-state index in [2.05, 4.69) is 5.32 Å². The van der Waals surface area contributed by atoms with Gasteiger partial charge in [-0.1, -0.05) is 96.9 Å². The molecule has 4 rings (SSSR count). The van der Waals surface area contributed by atoms with Gasteiger partial charge in [-0.15, -0.1) is 0 Å². The number of sulfonamides is 1. The standard InChI is InChI=1S/C37H43N3O4S/c1-6-23-38-37(42)35(24-31-12-8-7-9-13-31)39(25-32-19-15-27(2)16-20-32)36(41)26-40(34-14-10-11-29(4)30(34)5)45(43,44)33-21-17-28(3)18-22-33/h7-22,35H,6,23-26H2,1-5H3,(H,38,42)/t35-/m0/s1. The van der Waals surface area contributed by atoms with Crippen LogP contribution in [-0.2, 0) is 32.6 Å². The fourth-order valence-electron chi connectivity index (χ4n) is 5.17. The molecule has 7 nitrogen and oxygen atoms in total. The molecule has 0 fully saturated rings. The lowest BCUT2D eigenvalue weighted by molar-refractivity contribution is -0.140. The van der Waals surface area contributed by atoms with Crippen LogP contribution in [0.25, 0.3) is 0 Å². The van der Waals surface area contributed by atoms with Crippen LogP contribution >= 0.6 is 0 Å². The summed E-state index contributed by atoms with van der Waals surface area (Å²) in [6.07, 6.45) is 1.02. The van der Waals surface area contributed by atoms with Gasteiger partial charge in [-0.2, -0.15) is 0 Å². The van der Waals surface area contributed by atoms with Crippen LogP contribution in [0, 0.1) is 27.7 Å². The zero-order valence-corrected chi connectivity index (χ0v) is 27.6. The highest BCUT2D eigenvalue weighted by atomic mass is 32.2. The van der Waals surface area contributed by atoms with Gasteiger partial charge in [0.2, 0.25) is 11.8 Å². The number of hydrogen-bond donors (Lipinski definition) is 1. The highest BCUT2D eigenvalue weighted by Gasteiger charge is 2.35. The Hall–Kier alpha value is -4.43. The second-order valence-electron chi connectivity index (χ2n) is 11.5. The number of rotatable bonds is 13. The van der Waals surface area contributed by atoms with Crippen molar-refractivity contribution in [3.63, 3.8) is 0 Å². The van der Waals surface area contributed by atoms with Crippen LogP contribution < -0.4 is 9.62 Å². The van der Waals surface area contributed by atoms with E-state index in [1.807, 2.05) is 95.3 Å². The van der Waals surface area contributed by atoms with Crippen molar-refractivity contribution in [2.45, 2.75) is 64.9 Å². The molecule has 0 aromatic heterocycles. The van der Waals surface area contributed by atoms with Gasteiger partial charge in [0, 0.05) is 19.5 Å². The van der Waals surface area contributed by atoms with Crippen molar-refractivity contribution in [1.29, 1.82) is 0 Å². The minimum Gasteiger partial charge on any atom is -0.354 e. The summed E-state index contributed by atoms with van der Waals surface area (Å²) in [7, 11) is -4.15. The molecule has 0 aliphatic heterocycles. The minimum absolute atomic E-state index is 0.0911. The summed E-state index contributed by atoms with van der Waals surface area (Å²) in [5, 5.41) is 2.98. The molecular formula is C37H43N3O4S. The molecule has 0 radical (unpaired) electrons. The fourth-order valence-corrected chi connectivity index (χ4v) is 6.64. The molecule has 45 heavy (non-hydrogen) atoms. The Labute approximate surface area is 268 Å². The Balaban J connectivity index is 1.82. The maximum atomic E-state index is 14.6. The van der Waals surface area contributed by atoms with Crippen molar-refractivity contribution in [3.05, 3.63) is 130 Å². The third-order valence-corrected chi connectivity index (χ3v) is 9.80. The van der Waals surface area contributed by atoms with Crippen molar-refractivity contribution < 1.29 is 18.0 Å². The van der Waals surface area contributed by atoms with Gasteiger partial charge in [0.25, 0.3) is 10.0 Å². The van der Waals surface area contributed by atoms with Gasteiger partial charge in [-0.25, -0.2) is 8.42 Å². The van der Waals surface area contributed by atoms with Gasteiger partial charge in [0.1, 0.15) is 12.6 Å². The largest absolute Gasteiger partial charge is 0.354 e. The highest BCUT2D eigenvalue weighted by molar-refractivity contribution is 7.92. The van der Waals surface area contributed by atoms with Gasteiger partial charge < -0.3 is 10.2 Å². The Morgan fingerprint density at radius 2 is 1.38 bits per heavy atom. The van der Waals surface area contributed by atoms with Crippen LogP contribution in [0.1, 0.15) is 46.7 Å². The molecule has 0 aliphatic rings. The van der Waals surface area contributed by atoms with E-state index in [0.717, 1.165) is 39.8 Å². The molecule has 1 atom stereocenters. The van der Waals surface area contributed by atoms with Crippen molar-refractivity contribution in [1.82, 2.24) is 10.2 Å². The Morgan fingerprint density at radius 3 is 2.00 bits per heavy atom. The van der Waals surface area contributed by atoms with E-state index in [1.54, 1.807) is 36.4 Å². The Morgan fingerprint density at radius 1 is 0.756 bits per heavy atom. The number of nitrogens with one attached hydrogen (secondary N) is 1. The molecule has 0 bridgehead atoms. The summed E-state index contributed by atoms with van der Waals surface area (Å²) in [6, 6.07) is 28.5. The summed E-state index contributed by atoms with van der Waals surface area (Å²) in [5.74, 6) is -0.749. The van der Waals surface area contributed by atoms with Crippen molar-refractivity contribution in [2.75, 3.05) is 17.4 Å². The lowest BCUT2D eigenvalue weighted by Crippen LogP contribution is -2.53. The molecule has 0 saturated heterocycles. The van der Waals surface area contributed by atoms with Gasteiger partial charge in [0.05, 0.1) is 10.6 Å². The Bertz CT molecular complexity index is 1700. The number of nitrogens with zero attached hydrogens (tertiary/aromatic N) is 2. The molecule has 0 aliphatic carbocycles. The summed E-state index contributed by atoms with van der Waals surface area (Å²) < 4.78 is 29.7. The summed E-state index contributed by atoms with van der Waals surface area (Å²) in [6.45, 7) is 9.75. The number of amides is 2. The minimum atomic E-state index is -4.15. The summed E-state index contributed by atoms with van der Waals surface area (Å²) >= 11 is 0. The van der Waals surface area contributed by atoms with Crippen LogP contribution in [0.5, 0.6) is 0 Å². The number of carbonyl (C=O) groups excluding carboxylic acids is 2. The highest BCUT2D eigenvalue weighted by Crippen LogP contribution is 2.29. The fraction of sp³-hybridized carbons (Fsp3) is 0.297. The SMILES string of the molecule is CCCNC(=O)[C@H](Cc1ccccc1)N(Cc1ccc(C)cc1)C(=O)CN(c1cccc(C)c1C)S(=O)(=O)c1ccc(C)cc1. The predicted molar refractivity (Wildman–Crippen MR) is 181 cm³/mol. The topological polar surface area (TPSA) is 86.8 Å². The van der Waals surface area contributed by atoms with Gasteiger partial charge in [0.15, 0.2) is 0 Å². The molecule has 0 unspecified atom stereocenters. The monoisotopic (exact) mass is 625 g/mol. The molecule has 1 N–H and O–H groups in total. The van der Waals surface area contributed by atoms with E-state index in [1.165, 1.54) is 9.21 Å². The van der Waals surface area contributed by atoms with Gasteiger partial charge in [-0.3, -0.25) is 13.9 Å². The van der Waals surface area contributed by atoms with Gasteiger partial charge >= 0.3 is 0 Å². The van der Waals surface area contributed by atoms with E-state index in [4.69, 9.17) is 0 Å². The first-order chi connectivity index (χ1) is 21.5. The first-order valence-electron chi connectivity index (χ1n) is 15.3. The maximum absolute atomic E-state index is 14.6.